The highest BCUT2D eigenvalue weighted by molar-refractivity contribution is 6.07. The largest absolute Gasteiger partial charge is 0.346 e. The van der Waals surface area contributed by atoms with Gasteiger partial charge in [0.05, 0.1) is 29.2 Å². The quantitative estimate of drug-likeness (QED) is 0.491. The summed E-state index contributed by atoms with van der Waals surface area (Å²) in [7, 11) is 0. The van der Waals surface area contributed by atoms with Gasteiger partial charge < -0.3 is 10.3 Å². The molecule has 0 saturated heterocycles. The maximum atomic E-state index is 13.3. The molecule has 0 saturated carbocycles. The average molecular weight is 384 g/mol. The van der Waals surface area contributed by atoms with Crippen LogP contribution in [0.5, 0.6) is 0 Å². The first-order valence-corrected chi connectivity index (χ1v) is 8.76. The molecule has 29 heavy (non-hydrogen) atoms. The molecule has 7 nitrogen and oxygen atoms in total. The SMILES string of the molecule is O=C(Nc1cncc(F)c1)c1cnc2[nH]cc(-c3ccc4ncncc4c3)c2c1. The van der Waals surface area contributed by atoms with Crippen molar-refractivity contribution in [2.24, 2.45) is 0 Å². The summed E-state index contributed by atoms with van der Waals surface area (Å²) in [4.78, 5) is 32.1. The van der Waals surface area contributed by atoms with Crippen molar-refractivity contribution < 1.29 is 9.18 Å². The predicted octanol–water partition coefficient (Wildman–Crippen LogP) is 3.96. The molecule has 0 fully saturated rings. The van der Waals surface area contributed by atoms with Gasteiger partial charge in [0.1, 0.15) is 17.8 Å². The summed E-state index contributed by atoms with van der Waals surface area (Å²) in [6.45, 7) is 0. The number of nitrogens with one attached hydrogen (secondary N) is 2. The van der Waals surface area contributed by atoms with E-state index in [1.807, 2.05) is 24.4 Å². The lowest BCUT2D eigenvalue weighted by molar-refractivity contribution is 0.102. The first-order chi connectivity index (χ1) is 14.2. The number of hydrogen-bond acceptors (Lipinski definition) is 5. The minimum absolute atomic E-state index is 0.277. The highest BCUT2D eigenvalue weighted by atomic mass is 19.1. The molecule has 4 heterocycles. The molecule has 0 aliphatic carbocycles. The van der Waals surface area contributed by atoms with E-state index >= 15 is 0 Å². The van der Waals surface area contributed by atoms with Crippen LogP contribution in [-0.2, 0) is 0 Å². The van der Waals surface area contributed by atoms with Gasteiger partial charge >= 0.3 is 0 Å². The van der Waals surface area contributed by atoms with Gasteiger partial charge in [0.2, 0.25) is 0 Å². The molecule has 140 valence electrons. The number of rotatable bonds is 3. The second-order valence-corrected chi connectivity index (χ2v) is 6.46. The molecule has 2 N–H and O–H groups in total. The molecule has 0 unspecified atom stereocenters. The van der Waals surface area contributed by atoms with Gasteiger partial charge in [-0.3, -0.25) is 9.78 Å². The zero-order chi connectivity index (χ0) is 19.8. The maximum absolute atomic E-state index is 13.3. The summed E-state index contributed by atoms with van der Waals surface area (Å²) < 4.78 is 13.3. The Kier molecular flexibility index (Phi) is 3.94. The number of nitrogens with zero attached hydrogens (tertiary/aromatic N) is 4. The molecule has 8 heteroatoms. The van der Waals surface area contributed by atoms with Crippen LogP contribution >= 0.6 is 0 Å². The third-order valence-electron chi connectivity index (χ3n) is 4.57. The number of carbonyl (C=O) groups is 1. The lowest BCUT2D eigenvalue weighted by Crippen LogP contribution is -2.12. The van der Waals surface area contributed by atoms with Crippen LogP contribution in [0, 0.1) is 5.82 Å². The van der Waals surface area contributed by atoms with Crippen LogP contribution in [0.4, 0.5) is 10.1 Å². The first-order valence-electron chi connectivity index (χ1n) is 8.76. The summed E-state index contributed by atoms with van der Waals surface area (Å²) in [6.07, 6.45) is 9.04. The summed E-state index contributed by atoms with van der Waals surface area (Å²) >= 11 is 0. The van der Waals surface area contributed by atoms with E-state index < -0.39 is 11.7 Å². The van der Waals surface area contributed by atoms with Gasteiger partial charge in [-0.25, -0.2) is 19.3 Å². The normalized spacial score (nSPS) is 11.1. The number of H-pyrrole nitrogens is 1. The Labute approximate surface area is 163 Å². The van der Waals surface area contributed by atoms with Crippen LogP contribution in [-0.4, -0.2) is 30.8 Å². The van der Waals surface area contributed by atoms with Gasteiger partial charge in [0.25, 0.3) is 5.91 Å². The minimum Gasteiger partial charge on any atom is -0.346 e. The number of amides is 1. The molecule has 0 spiro atoms. The van der Waals surface area contributed by atoms with E-state index in [1.54, 1.807) is 12.3 Å². The average Bonchev–Trinajstić information content (AvgIpc) is 3.16. The molecule has 0 bridgehead atoms. The van der Waals surface area contributed by atoms with Gasteiger partial charge in [0.15, 0.2) is 0 Å². The summed E-state index contributed by atoms with van der Waals surface area (Å²) in [6, 6.07) is 8.83. The Bertz CT molecular complexity index is 1380. The predicted molar refractivity (Wildman–Crippen MR) is 107 cm³/mol. The van der Waals surface area contributed by atoms with E-state index in [-0.39, 0.29) is 5.69 Å². The van der Waals surface area contributed by atoms with Crippen LogP contribution in [0.15, 0.2) is 67.6 Å². The smallest absolute Gasteiger partial charge is 0.257 e. The standard InChI is InChI=1S/C21H13FN6O/c22-15-5-16(9-23-8-15)28-21(29)14-4-17-18(10-26-20(17)25-7-14)12-1-2-19-13(3-12)6-24-11-27-19/h1-11H,(H,25,26)(H,28,29). The number of aromatic nitrogens is 5. The number of carbonyl (C=O) groups excluding carboxylic acids is 1. The molecule has 5 rings (SSSR count). The van der Waals surface area contributed by atoms with Crippen LogP contribution in [0.2, 0.25) is 0 Å². The molecule has 5 aromatic rings. The number of benzene rings is 1. The molecular formula is C21H13FN6O. The van der Waals surface area contributed by atoms with E-state index in [1.165, 1.54) is 24.8 Å². The van der Waals surface area contributed by atoms with Crippen molar-refractivity contribution in [2.45, 2.75) is 0 Å². The molecule has 0 aliphatic heterocycles. The third kappa shape index (κ3) is 3.16. The van der Waals surface area contributed by atoms with Crippen LogP contribution in [0.25, 0.3) is 33.1 Å². The van der Waals surface area contributed by atoms with Crippen LogP contribution in [0.3, 0.4) is 0 Å². The monoisotopic (exact) mass is 384 g/mol. The topological polar surface area (TPSA) is 96.5 Å². The van der Waals surface area contributed by atoms with E-state index in [4.69, 9.17) is 0 Å². The van der Waals surface area contributed by atoms with E-state index in [0.29, 0.717) is 11.2 Å². The van der Waals surface area contributed by atoms with Crippen LogP contribution in [0.1, 0.15) is 10.4 Å². The molecule has 0 atom stereocenters. The lowest BCUT2D eigenvalue weighted by Gasteiger charge is -2.06. The number of halogens is 1. The van der Waals surface area contributed by atoms with E-state index in [9.17, 15) is 9.18 Å². The highest BCUT2D eigenvalue weighted by Gasteiger charge is 2.13. The fourth-order valence-corrected chi connectivity index (χ4v) is 3.20. The fraction of sp³-hybridized carbons (Fsp3) is 0. The zero-order valence-electron chi connectivity index (χ0n) is 14.9. The summed E-state index contributed by atoms with van der Waals surface area (Å²) in [5, 5.41) is 4.35. The van der Waals surface area contributed by atoms with Gasteiger partial charge in [0, 0.05) is 41.0 Å². The number of anilines is 1. The number of pyridine rings is 2. The Morgan fingerprint density at radius 2 is 1.93 bits per heavy atom. The zero-order valence-corrected chi connectivity index (χ0v) is 14.9. The Morgan fingerprint density at radius 1 is 1.00 bits per heavy atom. The molecule has 4 aromatic heterocycles. The lowest BCUT2D eigenvalue weighted by atomic mass is 10.0. The van der Waals surface area contributed by atoms with E-state index in [2.05, 4.69) is 30.2 Å². The van der Waals surface area contributed by atoms with Gasteiger partial charge in [-0.1, -0.05) is 6.07 Å². The number of fused-ring (bicyclic) bond motifs is 2. The van der Waals surface area contributed by atoms with E-state index in [0.717, 1.165) is 33.6 Å². The van der Waals surface area contributed by atoms with Crippen molar-refractivity contribution in [1.29, 1.82) is 0 Å². The summed E-state index contributed by atoms with van der Waals surface area (Å²) in [5.41, 5.74) is 4.00. The maximum Gasteiger partial charge on any atom is 0.257 e. The van der Waals surface area contributed by atoms with Crippen molar-refractivity contribution >= 4 is 33.5 Å². The third-order valence-corrected chi connectivity index (χ3v) is 4.57. The fourth-order valence-electron chi connectivity index (χ4n) is 3.20. The van der Waals surface area contributed by atoms with Crippen molar-refractivity contribution in [2.75, 3.05) is 5.32 Å². The highest BCUT2D eigenvalue weighted by Crippen LogP contribution is 2.30. The number of hydrogen-bond donors (Lipinski definition) is 2. The van der Waals surface area contributed by atoms with Crippen LogP contribution < -0.4 is 5.32 Å². The molecular weight excluding hydrogens is 371 g/mol. The Morgan fingerprint density at radius 3 is 2.83 bits per heavy atom. The van der Waals surface area contributed by atoms with Crippen molar-refractivity contribution in [3.05, 3.63) is 79.0 Å². The van der Waals surface area contributed by atoms with Gasteiger partial charge in [-0.15, -0.1) is 0 Å². The molecule has 0 aliphatic rings. The second-order valence-electron chi connectivity index (χ2n) is 6.46. The van der Waals surface area contributed by atoms with Crippen molar-refractivity contribution in [1.82, 2.24) is 24.9 Å². The number of aromatic amines is 1. The van der Waals surface area contributed by atoms with Gasteiger partial charge in [-0.2, -0.15) is 0 Å². The van der Waals surface area contributed by atoms with Crippen molar-refractivity contribution in [3.8, 4) is 11.1 Å². The minimum atomic E-state index is -0.524. The Balaban J connectivity index is 1.53. The molecule has 0 radical (unpaired) electrons. The van der Waals surface area contributed by atoms with Crippen molar-refractivity contribution in [3.63, 3.8) is 0 Å². The first kappa shape index (κ1) is 16.9. The second kappa shape index (κ2) is 6.75. The molecule has 1 aromatic carbocycles. The van der Waals surface area contributed by atoms with Gasteiger partial charge in [-0.05, 0) is 23.8 Å². The Hall–Kier alpha value is -4.20. The molecule has 1 amide bonds. The summed E-state index contributed by atoms with van der Waals surface area (Å²) in [5.74, 6) is -0.921.